The third-order valence-corrected chi connectivity index (χ3v) is 3.54. The van der Waals surface area contributed by atoms with E-state index < -0.39 is 11.9 Å². The molecule has 2 aromatic rings. The Morgan fingerprint density at radius 2 is 2.00 bits per heavy atom. The van der Waals surface area contributed by atoms with E-state index in [0.717, 1.165) is 0 Å². The molecular weight excluding hydrogens is 297 g/mol. The molecule has 0 spiro atoms. The summed E-state index contributed by atoms with van der Waals surface area (Å²) >= 11 is 0. The third kappa shape index (κ3) is 4.66. The van der Waals surface area contributed by atoms with Crippen molar-refractivity contribution in [2.75, 3.05) is 6.54 Å². The zero-order chi connectivity index (χ0) is 17.0. The molecular formula is C18H22FNO3. The maximum absolute atomic E-state index is 13.7. The number of carbonyl (C=O) groups is 1. The van der Waals surface area contributed by atoms with Gasteiger partial charge in [-0.3, -0.25) is 4.79 Å². The number of amides is 1. The Morgan fingerprint density at radius 1 is 1.30 bits per heavy atom. The van der Waals surface area contributed by atoms with Gasteiger partial charge in [0.1, 0.15) is 11.6 Å². The van der Waals surface area contributed by atoms with E-state index in [1.807, 2.05) is 13.8 Å². The minimum absolute atomic E-state index is 0.135. The van der Waals surface area contributed by atoms with Crippen LogP contribution in [0.15, 0.2) is 40.8 Å². The highest BCUT2D eigenvalue weighted by atomic mass is 19.1. The van der Waals surface area contributed by atoms with E-state index in [1.54, 1.807) is 31.2 Å². The summed E-state index contributed by atoms with van der Waals surface area (Å²) in [6, 6.07) is 9.35. The Morgan fingerprint density at radius 3 is 2.65 bits per heavy atom. The lowest BCUT2D eigenvalue weighted by Crippen LogP contribution is -2.35. The topological polar surface area (TPSA) is 62.5 Å². The van der Waals surface area contributed by atoms with Crippen LogP contribution in [0.25, 0.3) is 11.3 Å². The molecule has 0 fully saturated rings. The van der Waals surface area contributed by atoms with Gasteiger partial charge in [0.15, 0.2) is 5.76 Å². The highest BCUT2D eigenvalue weighted by Crippen LogP contribution is 2.25. The molecule has 124 valence electrons. The van der Waals surface area contributed by atoms with Crippen molar-refractivity contribution < 1.29 is 18.7 Å². The number of benzene rings is 1. The van der Waals surface area contributed by atoms with Gasteiger partial charge in [0.2, 0.25) is 0 Å². The van der Waals surface area contributed by atoms with Crippen LogP contribution in [-0.2, 0) is 0 Å². The van der Waals surface area contributed by atoms with Gasteiger partial charge >= 0.3 is 0 Å². The van der Waals surface area contributed by atoms with Crippen molar-refractivity contribution in [3.8, 4) is 11.3 Å². The van der Waals surface area contributed by atoms with Crippen molar-refractivity contribution in [2.24, 2.45) is 5.41 Å². The standard InChI is InChI=1S/C18H22FNO3/c1-12(21)10-18(2,3)11-20-17(22)16-9-8-15(23-16)13-6-4-5-7-14(13)19/h4-9,12,21H,10-11H2,1-3H3,(H,20,22). The Kier molecular flexibility index (Phi) is 5.21. The van der Waals surface area contributed by atoms with Crippen molar-refractivity contribution in [1.29, 1.82) is 0 Å². The smallest absolute Gasteiger partial charge is 0.287 e. The molecule has 2 N–H and O–H groups in total. The summed E-state index contributed by atoms with van der Waals surface area (Å²) in [7, 11) is 0. The Labute approximate surface area is 135 Å². The summed E-state index contributed by atoms with van der Waals surface area (Å²) in [5, 5.41) is 12.2. The second-order valence-corrected chi connectivity index (χ2v) is 6.54. The molecule has 1 amide bonds. The second-order valence-electron chi connectivity index (χ2n) is 6.54. The van der Waals surface area contributed by atoms with Gasteiger partial charge in [-0.15, -0.1) is 0 Å². The van der Waals surface area contributed by atoms with Crippen LogP contribution in [0.1, 0.15) is 37.7 Å². The minimum Gasteiger partial charge on any atom is -0.451 e. The fourth-order valence-electron chi connectivity index (χ4n) is 2.54. The number of halogens is 1. The third-order valence-electron chi connectivity index (χ3n) is 3.54. The highest BCUT2D eigenvalue weighted by Gasteiger charge is 2.22. The van der Waals surface area contributed by atoms with Gasteiger partial charge in [0.05, 0.1) is 11.7 Å². The molecule has 0 aliphatic carbocycles. The van der Waals surface area contributed by atoms with Gasteiger partial charge in [-0.2, -0.15) is 0 Å². The van der Waals surface area contributed by atoms with Crippen molar-refractivity contribution in [2.45, 2.75) is 33.3 Å². The van der Waals surface area contributed by atoms with E-state index in [0.29, 0.717) is 24.3 Å². The van der Waals surface area contributed by atoms with Gasteiger partial charge in [-0.25, -0.2) is 4.39 Å². The van der Waals surface area contributed by atoms with Crippen molar-refractivity contribution >= 4 is 5.91 Å². The second kappa shape index (κ2) is 6.96. The zero-order valence-corrected chi connectivity index (χ0v) is 13.6. The molecule has 5 heteroatoms. The minimum atomic E-state index is -0.432. The molecule has 0 saturated carbocycles. The van der Waals surface area contributed by atoms with E-state index in [4.69, 9.17) is 4.42 Å². The normalized spacial score (nSPS) is 12.9. The molecule has 1 atom stereocenters. The quantitative estimate of drug-likeness (QED) is 0.855. The maximum Gasteiger partial charge on any atom is 0.287 e. The Balaban J connectivity index is 2.03. The summed E-state index contributed by atoms with van der Waals surface area (Å²) in [6.07, 6.45) is 0.143. The molecule has 0 aliphatic rings. The molecule has 2 rings (SSSR count). The van der Waals surface area contributed by atoms with Crippen LogP contribution in [0.2, 0.25) is 0 Å². The van der Waals surface area contributed by atoms with E-state index in [1.165, 1.54) is 12.1 Å². The first-order chi connectivity index (χ1) is 10.8. The molecule has 1 aromatic carbocycles. The first-order valence-electron chi connectivity index (χ1n) is 7.59. The van der Waals surface area contributed by atoms with E-state index >= 15 is 0 Å². The van der Waals surface area contributed by atoms with Crippen molar-refractivity contribution in [3.05, 3.63) is 48.0 Å². The fraction of sp³-hybridized carbons (Fsp3) is 0.389. The summed E-state index contributed by atoms with van der Waals surface area (Å²) < 4.78 is 19.2. The molecule has 1 aromatic heterocycles. The highest BCUT2D eigenvalue weighted by molar-refractivity contribution is 5.92. The average Bonchev–Trinajstić information content (AvgIpc) is 2.93. The number of furan rings is 1. The first kappa shape index (κ1) is 17.2. The number of hydrogen-bond acceptors (Lipinski definition) is 3. The Hall–Kier alpha value is -2.14. The monoisotopic (exact) mass is 319 g/mol. The number of aliphatic hydroxyl groups is 1. The molecule has 0 radical (unpaired) electrons. The van der Waals surface area contributed by atoms with Crippen LogP contribution in [0.3, 0.4) is 0 Å². The molecule has 23 heavy (non-hydrogen) atoms. The van der Waals surface area contributed by atoms with Crippen molar-refractivity contribution in [1.82, 2.24) is 5.32 Å². The predicted molar refractivity (Wildman–Crippen MR) is 86.5 cm³/mol. The predicted octanol–water partition coefficient (Wildman–Crippen LogP) is 3.61. The van der Waals surface area contributed by atoms with Gasteiger partial charge in [-0.1, -0.05) is 26.0 Å². The summed E-state index contributed by atoms with van der Waals surface area (Å²) in [6.45, 7) is 6.06. The van der Waals surface area contributed by atoms with E-state index in [2.05, 4.69) is 5.32 Å². The average molecular weight is 319 g/mol. The molecule has 0 aliphatic heterocycles. The molecule has 4 nitrogen and oxygen atoms in total. The van der Waals surface area contributed by atoms with Gasteiger partial charge in [-0.05, 0) is 43.0 Å². The van der Waals surface area contributed by atoms with Crippen LogP contribution < -0.4 is 5.32 Å². The lowest BCUT2D eigenvalue weighted by molar-refractivity contribution is 0.0877. The zero-order valence-electron chi connectivity index (χ0n) is 13.6. The number of aliphatic hydroxyl groups excluding tert-OH is 1. The van der Waals surface area contributed by atoms with E-state index in [-0.39, 0.29) is 17.1 Å². The number of hydrogen-bond donors (Lipinski definition) is 2. The maximum atomic E-state index is 13.7. The lowest BCUT2D eigenvalue weighted by atomic mass is 9.87. The van der Waals surface area contributed by atoms with Crippen LogP contribution in [0, 0.1) is 11.2 Å². The molecule has 0 bridgehead atoms. The van der Waals surface area contributed by atoms with Gasteiger partial charge in [0, 0.05) is 6.54 Å². The number of carbonyl (C=O) groups excluding carboxylic acids is 1. The molecule has 1 unspecified atom stereocenters. The number of nitrogens with one attached hydrogen (secondary N) is 1. The largest absolute Gasteiger partial charge is 0.451 e. The molecule has 0 saturated heterocycles. The van der Waals surface area contributed by atoms with E-state index in [9.17, 15) is 14.3 Å². The summed E-state index contributed by atoms with van der Waals surface area (Å²) in [5.74, 6) is -0.300. The van der Waals surface area contributed by atoms with Gasteiger partial charge in [0.25, 0.3) is 5.91 Å². The van der Waals surface area contributed by atoms with Crippen LogP contribution in [0.4, 0.5) is 4.39 Å². The first-order valence-corrected chi connectivity index (χ1v) is 7.59. The van der Waals surface area contributed by atoms with Crippen molar-refractivity contribution in [3.63, 3.8) is 0 Å². The number of rotatable bonds is 6. The Bertz CT molecular complexity index is 676. The lowest BCUT2D eigenvalue weighted by Gasteiger charge is -2.26. The van der Waals surface area contributed by atoms with Crippen LogP contribution in [-0.4, -0.2) is 23.7 Å². The van der Waals surface area contributed by atoms with Gasteiger partial charge < -0.3 is 14.8 Å². The molecule has 1 heterocycles. The fourth-order valence-corrected chi connectivity index (χ4v) is 2.54. The summed E-state index contributed by atoms with van der Waals surface area (Å²) in [5.41, 5.74) is 0.0890. The summed E-state index contributed by atoms with van der Waals surface area (Å²) in [4.78, 5) is 12.1. The SMILES string of the molecule is CC(O)CC(C)(C)CNC(=O)c1ccc(-c2ccccc2F)o1. The van der Waals surface area contributed by atoms with Crippen LogP contribution in [0.5, 0.6) is 0 Å². The van der Waals surface area contributed by atoms with Crippen LogP contribution >= 0.6 is 0 Å².